The van der Waals surface area contributed by atoms with Gasteiger partial charge in [-0.15, -0.1) is 0 Å². The lowest BCUT2D eigenvalue weighted by Crippen LogP contribution is -2.17. The lowest BCUT2D eigenvalue weighted by molar-refractivity contribution is 0.0979. The van der Waals surface area contributed by atoms with Crippen LogP contribution in [0.3, 0.4) is 0 Å². The molecule has 0 saturated heterocycles. The zero-order valence-electron chi connectivity index (χ0n) is 14.0. The van der Waals surface area contributed by atoms with Crippen LogP contribution >= 0.6 is 0 Å². The highest BCUT2D eigenvalue weighted by molar-refractivity contribution is 7.86. The predicted molar refractivity (Wildman–Crippen MR) is 92.6 cm³/mol. The van der Waals surface area contributed by atoms with Gasteiger partial charge in [0.2, 0.25) is 0 Å². The molecule has 26 heavy (non-hydrogen) atoms. The average Bonchev–Trinajstić information content (AvgIpc) is 2.59. The molecular formula is C17H18O8S. The molecule has 0 spiro atoms. The number of aromatic hydroxyl groups is 2. The molecule has 140 valence electrons. The number of benzene rings is 2. The molecule has 9 heteroatoms. The van der Waals surface area contributed by atoms with E-state index >= 15 is 0 Å². The van der Waals surface area contributed by atoms with Gasteiger partial charge in [0, 0.05) is 12.0 Å². The van der Waals surface area contributed by atoms with Crippen molar-refractivity contribution in [1.82, 2.24) is 0 Å². The summed E-state index contributed by atoms with van der Waals surface area (Å²) in [4.78, 5) is 12.5. The van der Waals surface area contributed by atoms with Crippen molar-refractivity contribution < 1.29 is 37.5 Å². The number of hydrogen-bond donors (Lipinski definition) is 3. The first-order valence-electron chi connectivity index (χ1n) is 7.40. The Labute approximate surface area is 150 Å². The first kappa shape index (κ1) is 19.5. The highest BCUT2D eigenvalue weighted by Crippen LogP contribution is 2.34. The molecule has 8 nitrogen and oxygen atoms in total. The fourth-order valence-corrected chi connectivity index (χ4v) is 3.28. The second-order valence-electron chi connectivity index (χ2n) is 5.45. The number of rotatable bonds is 7. The average molecular weight is 382 g/mol. The summed E-state index contributed by atoms with van der Waals surface area (Å²) in [6.07, 6.45) is -0.555. The van der Waals surface area contributed by atoms with Crippen LogP contribution in [-0.2, 0) is 10.1 Å². The van der Waals surface area contributed by atoms with Crippen LogP contribution in [0.2, 0.25) is 0 Å². The molecule has 0 radical (unpaired) electrons. The molecule has 1 atom stereocenters. The van der Waals surface area contributed by atoms with E-state index in [4.69, 9.17) is 9.47 Å². The zero-order chi connectivity index (χ0) is 19.5. The second-order valence-corrected chi connectivity index (χ2v) is 7.05. The molecule has 1 unspecified atom stereocenters. The van der Waals surface area contributed by atoms with Gasteiger partial charge in [-0.2, -0.15) is 8.42 Å². The van der Waals surface area contributed by atoms with Crippen molar-refractivity contribution in [2.45, 2.75) is 11.7 Å². The number of carbonyl (C=O) groups is 1. The van der Waals surface area contributed by atoms with E-state index in [2.05, 4.69) is 0 Å². The number of phenolic OH excluding ortho intramolecular Hbond substituents is 2. The van der Waals surface area contributed by atoms with Crippen LogP contribution in [0.25, 0.3) is 0 Å². The lowest BCUT2D eigenvalue weighted by Gasteiger charge is -2.15. The zero-order valence-corrected chi connectivity index (χ0v) is 14.9. The molecule has 2 aromatic rings. The van der Waals surface area contributed by atoms with Gasteiger partial charge in [-0.1, -0.05) is 6.07 Å². The highest BCUT2D eigenvalue weighted by Gasteiger charge is 2.29. The molecule has 2 aromatic carbocycles. The topological polar surface area (TPSA) is 130 Å². The minimum absolute atomic E-state index is 0.00917. The number of ether oxygens (including phenoxy) is 2. The number of methoxy groups -OCH3 is 2. The van der Waals surface area contributed by atoms with Crippen LogP contribution in [-0.4, -0.2) is 43.2 Å². The Morgan fingerprint density at radius 1 is 1.00 bits per heavy atom. The first-order valence-corrected chi connectivity index (χ1v) is 8.91. The van der Waals surface area contributed by atoms with Gasteiger partial charge in [0.15, 0.2) is 28.8 Å². The van der Waals surface area contributed by atoms with Gasteiger partial charge in [-0.25, -0.2) is 0 Å². The quantitative estimate of drug-likeness (QED) is 0.491. The Hall–Kier alpha value is -2.78. The molecule has 2 rings (SSSR count). The van der Waals surface area contributed by atoms with E-state index in [0.29, 0.717) is 0 Å². The maximum absolute atomic E-state index is 12.5. The summed E-state index contributed by atoms with van der Waals surface area (Å²) < 4.78 is 43.0. The lowest BCUT2D eigenvalue weighted by atomic mass is 10.0. The molecule has 3 N–H and O–H groups in total. The van der Waals surface area contributed by atoms with Crippen LogP contribution in [0.1, 0.15) is 27.6 Å². The predicted octanol–water partition coefficient (Wildman–Crippen LogP) is 2.32. The summed E-state index contributed by atoms with van der Waals surface area (Å²) in [5.41, 5.74) is 0.195. The minimum Gasteiger partial charge on any atom is -0.504 e. The maximum atomic E-state index is 12.5. The van der Waals surface area contributed by atoms with E-state index in [0.717, 1.165) is 0 Å². The van der Waals surface area contributed by atoms with Crippen LogP contribution in [0.15, 0.2) is 36.4 Å². The van der Waals surface area contributed by atoms with Gasteiger partial charge in [0.05, 0.1) is 14.2 Å². The van der Waals surface area contributed by atoms with Gasteiger partial charge in [0.1, 0.15) is 5.25 Å². The van der Waals surface area contributed by atoms with Crippen LogP contribution in [0.5, 0.6) is 23.0 Å². The molecule has 0 aliphatic carbocycles. The first-order chi connectivity index (χ1) is 12.2. The van der Waals surface area contributed by atoms with Gasteiger partial charge < -0.3 is 19.7 Å². The fraction of sp³-hybridized carbons (Fsp3) is 0.235. The van der Waals surface area contributed by atoms with E-state index < -0.39 is 27.6 Å². The molecular weight excluding hydrogens is 364 g/mol. The summed E-state index contributed by atoms with van der Waals surface area (Å²) in [6, 6.07) is 7.56. The summed E-state index contributed by atoms with van der Waals surface area (Å²) in [6.45, 7) is 0. The fourth-order valence-electron chi connectivity index (χ4n) is 2.43. The van der Waals surface area contributed by atoms with Gasteiger partial charge in [-0.3, -0.25) is 9.35 Å². The molecule has 0 aliphatic heterocycles. The minimum atomic E-state index is -4.62. The number of carbonyl (C=O) groups excluding carboxylic acids is 1. The maximum Gasteiger partial charge on any atom is 0.272 e. The molecule has 0 amide bonds. The van der Waals surface area contributed by atoms with E-state index in [-0.39, 0.29) is 34.1 Å². The SMILES string of the molecule is COc1cc(C(=O)CC(c2ccc(O)c(OC)c2)S(=O)(=O)O)ccc1O. The van der Waals surface area contributed by atoms with E-state index in [1.54, 1.807) is 0 Å². The highest BCUT2D eigenvalue weighted by atomic mass is 32.2. The van der Waals surface area contributed by atoms with E-state index in [9.17, 15) is 28.0 Å². The normalized spacial score (nSPS) is 12.4. The standard InChI is InChI=1S/C17H18O8S/c1-24-15-7-10(3-5-12(15)18)14(20)9-17(26(21,22)23)11-4-6-13(19)16(8-11)25-2/h3-8,17-19H,9H2,1-2H3,(H,21,22,23). The van der Waals surface area contributed by atoms with Gasteiger partial charge in [0.25, 0.3) is 10.1 Å². The van der Waals surface area contributed by atoms with Crippen molar-refractivity contribution >= 4 is 15.9 Å². The number of phenols is 2. The molecule has 0 heterocycles. The van der Waals surface area contributed by atoms with Crippen molar-refractivity contribution in [3.63, 3.8) is 0 Å². The van der Waals surface area contributed by atoms with Crippen molar-refractivity contribution in [2.75, 3.05) is 14.2 Å². The van der Waals surface area contributed by atoms with Crippen molar-refractivity contribution in [2.24, 2.45) is 0 Å². The number of Topliss-reactive ketones (excluding diaryl/α,β-unsaturated/α-hetero) is 1. The molecule has 0 saturated carbocycles. The van der Waals surface area contributed by atoms with Crippen LogP contribution < -0.4 is 9.47 Å². The third kappa shape index (κ3) is 4.24. The van der Waals surface area contributed by atoms with Gasteiger partial charge in [-0.05, 0) is 35.9 Å². The smallest absolute Gasteiger partial charge is 0.272 e. The number of ketones is 1. The number of hydrogen-bond acceptors (Lipinski definition) is 7. The monoisotopic (exact) mass is 382 g/mol. The molecule has 0 aliphatic rings. The van der Waals surface area contributed by atoms with Crippen LogP contribution in [0.4, 0.5) is 0 Å². The van der Waals surface area contributed by atoms with Gasteiger partial charge >= 0.3 is 0 Å². The van der Waals surface area contributed by atoms with Crippen LogP contribution in [0, 0.1) is 0 Å². The molecule has 0 fully saturated rings. The van der Waals surface area contributed by atoms with Crippen molar-refractivity contribution in [3.05, 3.63) is 47.5 Å². The Kier molecular flexibility index (Phi) is 5.73. The Morgan fingerprint density at radius 3 is 2.08 bits per heavy atom. The second kappa shape index (κ2) is 7.63. The molecule has 0 aromatic heterocycles. The Bertz CT molecular complexity index is 920. The van der Waals surface area contributed by atoms with E-state index in [1.807, 2.05) is 0 Å². The largest absolute Gasteiger partial charge is 0.504 e. The summed E-state index contributed by atoms with van der Waals surface area (Å²) in [5, 5.41) is 17.6. The third-order valence-corrected chi connectivity index (χ3v) is 4.97. The Balaban J connectivity index is 2.39. The molecule has 0 bridgehead atoms. The summed E-state index contributed by atoms with van der Waals surface area (Å²) in [5.74, 6) is -0.892. The third-order valence-electron chi connectivity index (χ3n) is 3.81. The van der Waals surface area contributed by atoms with Crippen molar-refractivity contribution in [3.8, 4) is 23.0 Å². The van der Waals surface area contributed by atoms with E-state index in [1.165, 1.54) is 50.6 Å². The van der Waals surface area contributed by atoms with Crippen molar-refractivity contribution in [1.29, 1.82) is 0 Å². The Morgan fingerprint density at radius 2 is 1.54 bits per heavy atom. The summed E-state index contributed by atoms with van der Waals surface area (Å²) in [7, 11) is -2.02. The summed E-state index contributed by atoms with van der Waals surface area (Å²) >= 11 is 0.